The number of aliphatic imine (C=N–C) groups is 1. The van der Waals surface area contributed by atoms with Gasteiger partial charge < -0.3 is 20.7 Å². The number of pyridine rings is 1. The predicted molar refractivity (Wildman–Crippen MR) is 116 cm³/mol. The largest absolute Gasteiger partial charge is 0.477 e. The minimum Gasteiger partial charge on any atom is -0.477 e. The van der Waals surface area contributed by atoms with E-state index >= 15 is 0 Å². The number of halogens is 1. The minimum atomic E-state index is -0.227. The number of piperidine rings is 1. The molecule has 150 valence electrons. The summed E-state index contributed by atoms with van der Waals surface area (Å²) in [4.78, 5) is 22.1. The molecule has 0 aromatic carbocycles. The molecule has 2 heterocycles. The number of hydrogen-bond donors (Lipinski definition) is 2. The molecule has 1 unspecified atom stereocenters. The number of primary amides is 1. The Bertz CT molecular complexity index is 633. The molecule has 8 heteroatoms. The van der Waals surface area contributed by atoms with E-state index in [9.17, 15) is 4.79 Å². The lowest BCUT2D eigenvalue weighted by atomic mass is 9.95. The molecule has 1 saturated heterocycles. The van der Waals surface area contributed by atoms with Crippen LogP contribution in [0.1, 0.15) is 37.7 Å². The van der Waals surface area contributed by atoms with Gasteiger partial charge in [0, 0.05) is 45.4 Å². The number of nitrogens with one attached hydrogen (secondary N) is 1. The van der Waals surface area contributed by atoms with E-state index in [2.05, 4.69) is 20.2 Å². The van der Waals surface area contributed by atoms with Gasteiger partial charge in [-0.15, -0.1) is 24.0 Å². The third-order valence-corrected chi connectivity index (χ3v) is 4.93. The maximum absolute atomic E-state index is 11.2. The normalized spacial score (nSPS) is 20.0. The van der Waals surface area contributed by atoms with Crippen molar-refractivity contribution in [3.05, 3.63) is 23.9 Å². The molecule has 1 amide bonds. The average molecular weight is 487 g/mol. The highest BCUT2D eigenvalue weighted by molar-refractivity contribution is 14.0. The lowest BCUT2D eigenvalue weighted by molar-refractivity contribution is -0.119. The van der Waals surface area contributed by atoms with Gasteiger partial charge in [0.25, 0.3) is 0 Å². The SMILES string of the molecule is CN=C(NCc1ccc(OCC2CC2)nc1)N1CCCC(CC(N)=O)C1.I. The highest BCUT2D eigenvalue weighted by Gasteiger charge is 2.24. The zero-order chi connectivity index (χ0) is 18.4. The number of ether oxygens (including phenoxy) is 1. The molecule has 1 atom stereocenters. The fourth-order valence-electron chi connectivity index (χ4n) is 3.31. The molecule has 3 rings (SSSR count). The van der Waals surface area contributed by atoms with Crippen LogP contribution in [-0.2, 0) is 11.3 Å². The molecule has 3 N–H and O–H groups in total. The van der Waals surface area contributed by atoms with E-state index in [0.717, 1.165) is 50.0 Å². The Morgan fingerprint density at radius 3 is 2.81 bits per heavy atom. The Morgan fingerprint density at radius 1 is 1.37 bits per heavy atom. The van der Waals surface area contributed by atoms with Gasteiger partial charge in [-0.2, -0.15) is 0 Å². The first-order chi connectivity index (χ1) is 12.6. The summed E-state index contributed by atoms with van der Waals surface area (Å²) >= 11 is 0. The van der Waals surface area contributed by atoms with E-state index in [1.54, 1.807) is 7.05 Å². The standard InChI is InChI=1S/C19H29N5O2.HI/c1-21-19(24-8-2-3-15(12-24)9-17(20)25)23-11-16-6-7-18(22-10-16)26-13-14-4-5-14;/h6-7,10,14-15H,2-5,8-9,11-13H2,1H3,(H2,20,25)(H,21,23);1H. The quantitative estimate of drug-likeness (QED) is 0.350. The zero-order valence-electron chi connectivity index (χ0n) is 15.9. The molecule has 2 fully saturated rings. The Hall–Kier alpha value is -1.58. The number of nitrogens with zero attached hydrogens (tertiary/aromatic N) is 3. The van der Waals surface area contributed by atoms with Crippen molar-refractivity contribution in [2.45, 2.75) is 38.6 Å². The predicted octanol–water partition coefficient (Wildman–Crippen LogP) is 2.15. The van der Waals surface area contributed by atoms with E-state index in [-0.39, 0.29) is 29.9 Å². The van der Waals surface area contributed by atoms with Gasteiger partial charge in [-0.3, -0.25) is 9.79 Å². The first kappa shape index (κ1) is 21.7. The maximum Gasteiger partial charge on any atom is 0.217 e. The summed E-state index contributed by atoms with van der Waals surface area (Å²) in [5, 5.41) is 3.39. The molecule has 0 spiro atoms. The summed E-state index contributed by atoms with van der Waals surface area (Å²) in [5.74, 6) is 2.35. The molecule has 27 heavy (non-hydrogen) atoms. The lowest BCUT2D eigenvalue weighted by Crippen LogP contribution is -2.46. The van der Waals surface area contributed by atoms with Crippen molar-refractivity contribution in [2.75, 3.05) is 26.7 Å². The van der Waals surface area contributed by atoms with Crippen LogP contribution in [0.3, 0.4) is 0 Å². The molecular weight excluding hydrogens is 457 g/mol. The number of amides is 1. The highest BCUT2D eigenvalue weighted by atomic mass is 127. The summed E-state index contributed by atoms with van der Waals surface area (Å²) in [6.07, 6.45) is 6.93. The second-order valence-corrected chi connectivity index (χ2v) is 7.28. The summed E-state index contributed by atoms with van der Waals surface area (Å²) in [6, 6.07) is 3.95. The molecule has 2 aliphatic rings. The number of likely N-dealkylation sites (tertiary alicyclic amines) is 1. The molecule has 1 aromatic heterocycles. The van der Waals surface area contributed by atoms with Gasteiger partial charge in [-0.1, -0.05) is 6.07 Å². The van der Waals surface area contributed by atoms with Gasteiger partial charge in [0.05, 0.1) is 6.61 Å². The number of nitrogens with two attached hydrogens (primary N) is 1. The highest BCUT2D eigenvalue weighted by Crippen LogP contribution is 2.29. The van der Waals surface area contributed by atoms with Crippen molar-refractivity contribution >= 4 is 35.8 Å². The van der Waals surface area contributed by atoms with Crippen LogP contribution in [0.25, 0.3) is 0 Å². The lowest BCUT2D eigenvalue weighted by Gasteiger charge is -2.34. The van der Waals surface area contributed by atoms with Crippen molar-refractivity contribution in [3.8, 4) is 5.88 Å². The van der Waals surface area contributed by atoms with Crippen molar-refractivity contribution in [3.63, 3.8) is 0 Å². The molecule has 7 nitrogen and oxygen atoms in total. The summed E-state index contributed by atoms with van der Waals surface area (Å²) in [6.45, 7) is 3.19. The van der Waals surface area contributed by atoms with Gasteiger partial charge in [0.1, 0.15) is 0 Å². The number of carbonyl (C=O) groups excluding carboxylic acids is 1. The van der Waals surface area contributed by atoms with Gasteiger partial charge >= 0.3 is 0 Å². The Labute approximate surface area is 178 Å². The first-order valence-corrected chi connectivity index (χ1v) is 9.45. The Kier molecular flexibility index (Phi) is 8.59. The fraction of sp³-hybridized carbons (Fsp3) is 0.632. The second kappa shape index (κ2) is 10.7. The number of guanidine groups is 1. The monoisotopic (exact) mass is 487 g/mol. The Morgan fingerprint density at radius 2 is 2.19 bits per heavy atom. The number of hydrogen-bond acceptors (Lipinski definition) is 4. The van der Waals surface area contributed by atoms with Crippen LogP contribution in [0.2, 0.25) is 0 Å². The van der Waals surface area contributed by atoms with Crippen LogP contribution in [0.4, 0.5) is 0 Å². The van der Waals surface area contributed by atoms with E-state index < -0.39 is 0 Å². The van der Waals surface area contributed by atoms with Crippen LogP contribution in [0, 0.1) is 11.8 Å². The van der Waals surface area contributed by atoms with Crippen LogP contribution < -0.4 is 15.8 Å². The number of carbonyl (C=O) groups is 1. The minimum absolute atomic E-state index is 0. The van der Waals surface area contributed by atoms with Crippen molar-refractivity contribution in [1.29, 1.82) is 0 Å². The Balaban J connectivity index is 0.00000261. The van der Waals surface area contributed by atoms with Gasteiger partial charge in [0.15, 0.2) is 5.96 Å². The molecule has 1 aliphatic heterocycles. The smallest absolute Gasteiger partial charge is 0.217 e. The first-order valence-electron chi connectivity index (χ1n) is 9.45. The fourth-order valence-corrected chi connectivity index (χ4v) is 3.31. The molecule has 0 radical (unpaired) electrons. The molecule has 1 aromatic rings. The van der Waals surface area contributed by atoms with Crippen LogP contribution in [0.5, 0.6) is 5.88 Å². The zero-order valence-corrected chi connectivity index (χ0v) is 18.2. The van der Waals surface area contributed by atoms with Gasteiger partial charge in [-0.05, 0) is 43.1 Å². The van der Waals surface area contributed by atoms with Crippen LogP contribution in [0.15, 0.2) is 23.3 Å². The topological polar surface area (TPSA) is 92.8 Å². The van der Waals surface area contributed by atoms with Crippen molar-refractivity contribution in [2.24, 2.45) is 22.6 Å². The van der Waals surface area contributed by atoms with Crippen molar-refractivity contribution in [1.82, 2.24) is 15.2 Å². The van der Waals surface area contributed by atoms with Gasteiger partial charge in [0.2, 0.25) is 11.8 Å². The summed E-state index contributed by atoms with van der Waals surface area (Å²) in [7, 11) is 1.78. The van der Waals surface area contributed by atoms with E-state index in [1.807, 2.05) is 18.3 Å². The maximum atomic E-state index is 11.2. The summed E-state index contributed by atoms with van der Waals surface area (Å²) < 4.78 is 5.67. The van der Waals surface area contributed by atoms with Crippen LogP contribution >= 0.6 is 24.0 Å². The van der Waals surface area contributed by atoms with E-state index in [1.165, 1.54) is 12.8 Å². The summed E-state index contributed by atoms with van der Waals surface area (Å²) in [5.41, 5.74) is 6.42. The number of aromatic nitrogens is 1. The molecule has 1 saturated carbocycles. The second-order valence-electron chi connectivity index (χ2n) is 7.28. The molecular formula is C19H30IN5O2. The van der Waals surface area contributed by atoms with E-state index in [4.69, 9.17) is 10.5 Å². The van der Waals surface area contributed by atoms with Crippen molar-refractivity contribution < 1.29 is 9.53 Å². The average Bonchev–Trinajstić information content (AvgIpc) is 3.46. The van der Waals surface area contributed by atoms with Gasteiger partial charge in [-0.25, -0.2) is 4.98 Å². The van der Waals surface area contributed by atoms with E-state index in [0.29, 0.717) is 24.8 Å². The molecule has 0 bridgehead atoms. The van der Waals surface area contributed by atoms with Crippen LogP contribution in [-0.4, -0.2) is 48.5 Å². The third-order valence-electron chi connectivity index (χ3n) is 4.93. The number of rotatable bonds is 7. The third kappa shape index (κ3) is 7.15. The molecule has 1 aliphatic carbocycles.